The summed E-state index contributed by atoms with van der Waals surface area (Å²) >= 11 is 1.34. The second-order valence-corrected chi connectivity index (χ2v) is 7.22. The molecule has 0 spiro atoms. The Hall–Kier alpha value is -2.38. The molecule has 0 atom stereocenters. The van der Waals surface area contributed by atoms with Gasteiger partial charge in [0.15, 0.2) is 0 Å². The molecular formula is C17H16N2O3S2. The summed E-state index contributed by atoms with van der Waals surface area (Å²) in [6, 6.07) is 18.4. The van der Waals surface area contributed by atoms with E-state index in [1.807, 2.05) is 36.4 Å². The molecule has 0 saturated carbocycles. The lowest BCUT2D eigenvalue weighted by molar-refractivity contribution is 0.474. The quantitative estimate of drug-likeness (QED) is 0.668. The summed E-state index contributed by atoms with van der Waals surface area (Å²) in [6.45, 7) is 2.02. The van der Waals surface area contributed by atoms with Gasteiger partial charge >= 0.3 is 10.3 Å². The van der Waals surface area contributed by atoms with E-state index in [1.54, 1.807) is 36.6 Å². The average molecular weight is 360 g/mol. The maximum atomic E-state index is 12.5. The van der Waals surface area contributed by atoms with Crippen LogP contribution in [0.5, 0.6) is 5.88 Å². The molecule has 7 heteroatoms. The number of rotatable bonds is 6. The van der Waals surface area contributed by atoms with Crippen molar-refractivity contribution in [2.75, 3.05) is 10.8 Å². The van der Waals surface area contributed by atoms with Crippen molar-refractivity contribution in [3.8, 4) is 16.5 Å². The lowest BCUT2D eigenvalue weighted by atomic mass is 10.2. The van der Waals surface area contributed by atoms with Crippen LogP contribution >= 0.6 is 11.3 Å². The van der Waals surface area contributed by atoms with Crippen molar-refractivity contribution in [1.29, 1.82) is 0 Å². The van der Waals surface area contributed by atoms with E-state index in [2.05, 4.69) is 4.98 Å². The summed E-state index contributed by atoms with van der Waals surface area (Å²) in [5, 5.41) is 2.31. The molecule has 2 aromatic carbocycles. The normalized spacial score (nSPS) is 11.2. The van der Waals surface area contributed by atoms with Crippen molar-refractivity contribution in [2.45, 2.75) is 6.92 Å². The maximum Gasteiger partial charge on any atom is 0.411 e. The summed E-state index contributed by atoms with van der Waals surface area (Å²) in [5.41, 5.74) is 1.48. The molecule has 1 aromatic heterocycles. The molecule has 0 aliphatic heterocycles. The molecule has 0 aliphatic carbocycles. The number of nitrogens with zero attached hydrogens (tertiary/aromatic N) is 2. The molecular weight excluding hydrogens is 344 g/mol. The van der Waals surface area contributed by atoms with E-state index in [0.29, 0.717) is 10.7 Å². The third kappa shape index (κ3) is 3.58. The number of benzene rings is 2. The number of para-hydroxylation sites is 1. The second-order valence-electron chi connectivity index (χ2n) is 4.90. The van der Waals surface area contributed by atoms with E-state index in [-0.39, 0.29) is 12.4 Å². The van der Waals surface area contributed by atoms with Crippen molar-refractivity contribution < 1.29 is 12.6 Å². The van der Waals surface area contributed by atoms with Crippen LogP contribution in [0, 0.1) is 0 Å². The minimum Gasteiger partial charge on any atom is -0.345 e. The van der Waals surface area contributed by atoms with E-state index in [4.69, 9.17) is 4.18 Å². The summed E-state index contributed by atoms with van der Waals surface area (Å²) in [6.07, 6.45) is 0. The Morgan fingerprint density at radius 3 is 2.29 bits per heavy atom. The Balaban J connectivity index is 1.83. The summed E-state index contributed by atoms with van der Waals surface area (Å²) in [5.74, 6) is 0.0771. The molecule has 124 valence electrons. The highest BCUT2D eigenvalue weighted by Gasteiger charge is 2.24. The van der Waals surface area contributed by atoms with Crippen molar-refractivity contribution in [3.05, 3.63) is 66.0 Å². The largest absolute Gasteiger partial charge is 0.411 e. The Labute approximate surface area is 145 Å². The molecule has 3 aromatic rings. The van der Waals surface area contributed by atoms with E-state index in [0.717, 1.165) is 5.56 Å². The molecule has 0 saturated heterocycles. The molecule has 0 radical (unpaired) electrons. The maximum absolute atomic E-state index is 12.5. The number of thiazole rings is 1. The van der Waals surface area contributed by atoms with Gasteiger partial charge < -0.3 is 4.18 Å². The van der Waals surface area contributed by atoms with E-state index < -0.39 is 10.3 Å². The zero-order chi connectivity index (χ0) is 17.0. The number of hydrogen-bond acceptors (Lipinski definition) is 5. The van der Waals surface area contributed by atoms with Gasteiger partial charge in [0.05, 0.1) is 11.1 Å². The van der Waals surface area contributed by atoms with Crippen LogP contribution in [0.4, 0.5) is 5.69 Å². The van der Waals surface area contributed by atoms with Gasteiger partial charge in [0.25, 0.3) is 0 Å². The highest BCUT2D eigenvalue weighted by atomic mass is 32.2. The Morgan fingerprint density at radius 2 is 1.67 bits per heavy atom. The standard InChI is InChI=1S/C17H16N2O3S2/c1-2-19(15-11-7-4-8-12-15)24(20,21)22-16-13-23-17(18-16)14-9-5-3-6-10-14/h3-13H,2H2,1H3. The third-order valence-corrected chi connectivity index (χ3v) is 5.56. The Morgan fingerprint density at radius 1 is 1.04 bits per heavy atom. The highest BCUT2D eigenvalue weighted by molar-refractivity contribution is 7.88. The van der Waals surface area contributed by atoms with Crippen LogP contribution < -0.4 is 8.49 Å². The van der Waals surface area contributed by atoms with Crippen LogP contribution in [0.2, 0.25) is 0 Å². The number of anilines is 1. The van der Waals surface area contributed by atoms with Crippen LogP contribution in [-0.4, -0.2) is 19.9 Å². The second kappa shape index (κ2) is 7.02. The van der Waals surface area contributed by atoms with Gasteiger partial charge in [-0.05, 0) is 19.1 Å². The Bertz CT molecular complexity index is 894. The monoisotopic (exact) mass is 360 g/mol. The first-order valence-electron chi connectivity index (χ1n) is 7.38. The van der Waals surface area contributed by atoms with E-state index >= 15 is 0 Å². The fraction of sp³-hybridized carbons (Fsp3) is 0.118. The van der Waals surface area contributed by atoms with Gasteiger partial charge in [-0.1, -0.05) is 48.5 Å². The van der Waals surface area contributed by atoms with Gasteiger partial charge in [-0.2, -0.15) is 8.42 Å². The minimum atomic E-state index is -3.97. The van der Waals surface area contributed by atoms with Gasteiger partial charge in [0.1, 0.15) is 5.01 Å². The fourth-order valence-corrected chi connectivity index (χ4v) is 4.10. The molecule has 0 amide bonds. The Kier molecular flexibility index (Phi) is 4.82. The van der Waals surface area contributed by atoms with Crippen LogP contribution in [0.1, 0.15) is 6.92 Å². The number of hydrogen-bond donors (Lipinski definition) is 0. The minimum absolute atomic E-state index is 0.0771. The first kappa shape index (κ1) is 16.5. The van der Waals surface area contributed by atoms with Gasteiger partial charge in [0.2, 0.25) is 5.88 Å². The van der Waals surface area contributed by atoms with Crippen molar-refractivity contribution in [1.82, 2.24) is 4.98 Å². The zero-order valence-electron chi connectivity index (χ0n) is 13.0. The summed E-state index contributed by atoms with van der Waals surface area (Å²) < 4.78 is 31.5. The third-order valence-electron chi connectivity index (χ3n) is 3.30. The van der Waals surface area contributed by atoms with Gasteiger partial charge in [-0.25, -0.2) is 9.29 Å². The van der Waals surface area contributed by atoms with Crippen molar-refractivity contribution >= 4 is 27.3 Å². The SMILES string of the molecule is CCN(c1ccccc1)S(=O)(=O)Oc1csc(-c2ccccc2)n1. The molecule has 0 unspecified atom stereocenters. The molecule has 0 fully saturated rings. The molecule has 0 bridgehead atoms. The fourth-order valence-electron chi connectivity index (χ4n) is 2.23. The molecule has 3 rings (SSSR count). The van der Waals surface area contributed by atoms with E-state index in [9.17, 15) is 8.42 Å². The van der Waals surface area contributed by atoms with Crippen molar-refractivity contribution in [3.63, 3.8) is 0 Å². The van der Waals surface area contributed by atoms with Crippen LogP contribution in [0.3, 0.4) is 0 Å². The lowest BCUT2D eigenvalue weighted by Crippen LogP contribution is -2.34. The van der Waals surface area contributed by atoms with Gasteiger partial charge in [0, 0.05) is 12.1 Å². The predicted octanol–water partition coefficient (Wildman–Crippen LogP) is 3.96. The van der Waals surface area contributed by atoms with Crippen molar-refractivity contribution in [2.24, 2.45) is 0 Å². The topological polar surface area (TPSA) is 59.5 Å². The first-order chi connectivity index (χ1) is 11.6. The smallest absolute Gasteiger partial charge is 0.345 e. The lowest BCUT2D eigenvalue weighted by Gasteiger charge is -2.21. The van der Waals surface area contributed by atoms with Crippen LogP contribution in [-0.2, 0) is 10.3 Å². The molecule has 24 heavy (non-hydrogen) atoms. The molecule has 0 N–H and O–H groups in total. The van der Waals surface area contributed by atoms with E-state index in [1.165, 1.54) is 15.6 Å². The van der Waals surface area contributed by atoms with Crippen LogP contribution in [0.25, 0.3) is 10.6 Å². The zero-order valence-corrected chi connectivity index (χ0v) is 14.6. The molecule has 0 aliphatic rings. The predicted molar refractivity (Wildman–Crippen MR) is 96.6 cm³/mol. The van der Waals surface area contributed by atoms with Gasteiger partial charge in [-0.3, -0.25) is 0 Å². The number of aromatic nitrogens is 1. The summed E-state index contributed by atoms with van der Waals surface area (Å²) in [7, 11) is -3.97. The summed E-state index contributed by atoms with van der Waals surface area (Å²) in [4.78, 5) is 4.27. The average Bonchev–Trinajstić information content (AvgIpc) is 3.05. The van der Waals surface area contributed by atoms with Crippen LogP contribution in [0.15, 0.2) is 66.0 Å². The highest BCUT2D eigenvalue weighted by Crippen LogP contribution is 2.28. The molecule has 1 heterocycles. The first-order valence-corrected chi connectivity index (χ1v) is 9.63. The van der Waals surface area contributed by atoms with Gasteiger partial charge in [-0.15, -0.1) is 11.3 Å². The molecule has 5 nitrogen and oxygen atoms in total.